The van der Waals surface area contributed by atoms with Crippen LogP contribution in [0, 0.1) is 5.92 Å². The summed E-state index contributed by atoms with van der Waals surface area (Å²) in [5, 5.41) is 13.0. The van der Waals surface area contributed by atoms with E-state index in [0.29, 0.717) is 0 Å². The first-order valence-corrected chi connectivity index (χ1v) is 8.89. The zero-order chi connectivity index (χ0) is 16.5. The number of hydrogen-bond acceptors (Lipinski definition) is 2. The van der Waals surface area contributed by atoms with Gasteiger partial charge in [-0.15, -0.1) is 0 Å². The van der Waals surface area contributed by atoms with Crippen molar-refractivity contribution in [3.05, 3.63) is 64.7 Å². The largest absolute Gasteiger partial charge is 0.508 e. The van der Waals surface area contributed by atoms with Crippen LogP contribution in [0.1, 0.15) is 47.6 Å². The average molecular weight is 321 g/mol. The minimum atomic E-state index is 0.00777. The molecule has 0 heterocycles. The molecule has 4 rings (SSSR count). The molecule has 2 aliphatic carbocycles. The highest BCUT2D eigenvalue weighted by atomic mass is 16.3. The predicted molar refractivity (Wildman–Crippen MR) is 93.9 cm³/mol. The second-order valence-electron chi connectivity index (χ2n) is 7.04. The smallest absolute Gasteiger partial charge is 0.223 e. The van der Waals surface area contributed by atoms with Crippen molar-refractivity contribution in [3.8, 4) is 5.75 Å². The van der Waals surface area contributed by atoms with Crippen LogP contribution in [0.25, 0.3) is 0 Å². The Labute approximate surface area is 142 Å². The van der Waals surface area contributed by atoms with E-state index in [1.54, 1.807) is 6.07 Å². The minimum Gasteiger partial charge on any atom is -0.508 e. The number of aryl methyl sites for hydroxylation is 2. The van der Waals surface area contributed by atoms with Crippen molar-refractivity contribution in [3.63, 3.8) is 0 Å². The molecule has 0 aromatic heterocycles. The second-order valence-corrected chi connectivity index (χ2v) is 7.04. The summed E-state index contributed by atoms with van der Waals surface area (Å²) in [5.41, 5.74) is 5.03. The number of nitrogens with one attached hydrogen (secondary N) is 1. The van der Waals surface area contributed by atoms with Gasteiger partial charge in [-0.05, 0) is 72.9 Å². The summed E-state index contributed by atoms with van der Waals surface area (Å²) in [6, 6.07) is 14.1. The number of phenols is 1. The molecule has 0 aliphatic heterocycles. The third-order valence-electron chi connectivity index (χ3n) is 5.48. The van der Waals surface area contributed by atoms with Gasteiger partial charge in [0.25, 0.3) is 0 Å². The number of phenolic OH excluding ortho intramolecular Hbond substituents is 1. The van der Waals surface area contributed by atoms with Crippen LogP contribution in [-0.4, -0.2) is 11.0 Å². The van der Waals surface area contributed by atoms with Crippen LogP contribution in [0.3, 0.4) is 0 Å². The highest BCUT2D eigenvalue weighted by Crippen LogP contribution is 2.32. The van der Waals surface area contributed by atoms with Crippen LogP contribution in [0.15, 0.2) is 42.5 Å². The van der Waals surface area contributed by atoms with Gasteiger partial charge in [-0.25, -0.2) is 0 Å². The monoisotopic (exact) mass is 321 g/mol. The van der Waals surface area contributed by atoms with Crippen molar-refractivity contribution in [1.29, 1.82) is 0 Å². The summed E-state index contributed by atoms with van der Waals surface area (Å²) in [4.78, 5) is 12.8. The van der Waals surface area contributed by atoms with Gasteiger partial charge in [0.2, 0.25) is 5.91 Å². The van der Waals surface area contributed by atoms with Crippen molar-refractivity contribution in [2.75, 3.05) is 0 Å². The molecule has 2 N–H and O–H groups in total. The number of carbonyl (C=O) groups is 1. The molecule has 0 radical (unpaired) electrons. The Hall–Kier alpha value is -2.29. The summed E-state index contributed by atoms with van der Waals surface area (Å²) in [5.74, 6) is 0.454. The maximum Gasteiger partial charge on any atom is 0.223 e. The SMILES string of the molecule is O=C(NC1CCCc2ccccc21)C1CCc2ccc(O)cc2C1. The molecular weight excluding hydrogens is 298 g/mol. The molecular formula is C21H23NO2. The Bertz CT molecular complexity index is 768. The van der Waals surface area contributed by atoms with E-state index < -0.39 is 0 Å². The van der Waals surface area contributed by atoms with Crippen molar-refractivity contribution >= 4 is 5.91 Å². The van der Waals surface area contributed by atoms with Crippen LogP contribution in [-0.2, 0) is 24.1 Å². The van der Waals surface area contributed by atoms with E-state index in [-0.39, 0.29) is 23.6 Å². The number of aromatic hydroxyl groups is 1. The normalized spacial score (nSPS) is 22.3. The van der Waals surface area contributed by atoms with E-state index in [2.05, 4.69) is 29.6 Å². The molecule has 3 heteroatoms. The van der Waals surface area contributed by atoms with Crippen molar-refractivity contribution in [2.45, 2.75) is 44.6 Å². The van der Waals surface area contributed by atoms with E-state index >= 15 is 0 Å². The molecule has 124 valence electrons. The van der Waals surface area contributed by atoms with Crippen molar-refractivity contribution < 1.29 is 9.90 Å². The fourth-order valence-electron chi connectivity index (χ4n) is 4.16. The fraction of sp³-hybridized carbons (Fsp3) is 0.381. The van der Waals surface area contributed by atoms with Crippen LogP contribution >= 0.6 is 0 Å². The predicted octanol–water partition coefficient (Wildman–Crippen LogP) is 3.69. The molecule has 0 saturated carbocycles. The summed E-state index contributed by atoms with van der Waals surface area (Å²) >= 11 is 0. The zero-order valence-corrected chi connectivity index (χ0v) is 13.8. The summed E-state index contributed by atoms with van der Waals surface area (Å²) < 4.78 is 0. The van der Waals surface area contributed by atoms with Gasteiger partial charge in [-0.2, -0.15) is 0 Å². The summed E-state index contributed by atoms with van der Waals surface area (Å²) in [7, 11) is 0. The lowest BCUT2D eigenvalue weighted by molar-refractivity contribution is -0.126. The van der Waals surface area contributed by atoms with Gasteiger partial charge in [0.15, 0.2) is 0 Å². The van der Waals surface area contributed by atoms with Gasteiger partial charge in [0.05, 0.1) is 6.04 Å². The lowest BCUT2D eigenvalue weighted by atomic mass is 9.82. The Morgan fingerprint density at radius 1 is 1.00 bits per heavy atom. The molecule has 0 bridgehead atoms. The Kier molecular flexibility index (Phi) is 4.01. The molecule has 2 unspecified atom stereocenters. The van der Waals surface area contributed by atoms with Crippen molar-refractivity contribution in [2.24, 2.45) is 5.92 Å². The van der Waals surface area contributed by atoms with Crippen LogP contribution in [0.4, 0.5) is 0 Å². The summed E-state index contributed by atoms with van der Waals surface area (Å²) in [6.45, 7) is 0. The van der Waals surface area contributed by atoms with Gasteiger partial charge >= 0.3 is 0 Å². The Balaban J connectivity index is 1.48. The number of fused-ring (bicyclic) bond motifs is 2. The lowest BCUT2D eigenvalue weighted by Crippen LogP contribution is -2.37. The maximum atomic E-state index is 12.8. The number of benzene rings is 2. The molecule has 0 spiro atoms. The first kappa shape index (κ1) is 15.3. The van der Waals surface area contributed by atoms with E-state index in [1.165, 1.54) is 16.7 Å². The quantitative estimate of drug-likeness (QED) is 0.886. The zero-order valence-electron chi connectivity index (χ0n) is 13.8. The van der Waals surface area contributed by atoms with Crippen molar-refractivity contribution in [1.82, 2.24) is 5.32 Å². The highest BCUT2D eigenvalue weighted by molar-refractivity contribution is 5.80. The Morgan fingerprint density at radius 2 is 1.88 bits per heavy atom. The fourth-order valence-corrected chi connectivity index (χ4v) is 4.16. The molecule has 2 aromatic carbocycles. The molecule has 1 amide bonds. The van der Waals surface area contributed by atoms with Crippen LogP contribution in [0.2, 0.25) is 0 Å². The third-order valence-corrected chi connectivity index (χ3v) is 5.48. The molecule has 3 nitrogen and oxygen atoms in total. The number of amides is 1. The van der Waals surface area contributed by atoms with Gasteiger partial charge < -0.3 is 10.4 Å². The first-order chi connectivity index (χ1) is 11.7. The average Bonchev–Trinajstić information content (AvgIpc) is 2.61. The molecule has 24 heavy (non-hydrogen) atoms. The van der Waals surface area contributed by atoms with Gasteiger partial charge in [-0.3, -0.25) is 4.79 Å². The van der Waals surface area contributed by atoms with E-state index in [0.717, 1.165) is 44.1 Å². The number of rotatable bonds is 2. The van der Waals surface area contributed by atoms with E-state index in [9.17, 15) is 9.90 Å². The number of carbonyl (C=O) groups excluding carboxylic acids is 1. The van der Waals surface area contributed by atoms with Crippen LogP contribution < -0.4 is 5.32 Å². The standard InChI is InChI=1S/C21H23NO2/c23-18-11-10-14-8-9-16(12-17(14)13-18)21(24)22-20-7-3-5-15-4-1-2-6-19(15)20/h1-2,4,6,10-11,13,16,20,23H,3,5,7-9,12H2,(H,22,24). The topological polar surface area (TPSA) is 49.3 Å². The maximum absolute atomic E-state index is 12.8. The van der Waals surface area contributed by atoms with Gasteiger partial charge in [-0.1, -0.05) is 30.3 Å². The molecule has 2 aliphatic rings. The van der Waals surface area contributed by atoms with E-state index in [4.69, 9.17) is 0 Å². The Morgan fingerprint density at radius 3 is 2.79 bits per heavy atom. The second kappa shape index (κ2) is 6.31. The molecule has 2 atom stereocenters. The summed E-state index contributed by atoms with van der Waals surface area (Å²) in [6.07, 6.45) is 5.78. The first-order valence-electron chi connectivity index (χ1n) is 8.89. The van der Waals surface area contributed by atoms with E-state index in [1.807, 2.05) is 12.1 Å². The lowest BCUT2D eigenvalue weighted by Gasteiger charge is -2.30. The highest BCUT2D eigenvalue weighted by Gasteiger charge is 2.28. The third kappa shape index (κ3) is 2.91. The number of hydrogen-bond donors (Lipinski definition) is 2. The van der Waals surface area contributed by atoms with Gasteiger partial charge in [0, 0.05) is 5.92 Å². The molecule has 2 aromatic rings. The van der Waals surface area contributed by atoms with Crippen LogP contribution in [0.5, 0.6) is 5.75 Å². The minimum absolute atomic E-state index is 0.00777. The molecule has 0 saturated heterocycles. The molecule has 0 fully saturated rings. The van der Waals surface area contributed by atoms with Gasteiger partial charge in [0.1, 0.15) is 5.75 Å².